The van der Waals surface area contributed by atoms with Crippen LogP contribution in [0.15, 0.2) is 24.3 Å². The first-order valence-corrected chi connectivity index (χ1v) is 22.2. The van der Waals surface area contributed by atoms with Gasteiger partial charge in [-0.2, -0.15) is 0 Å². The summed E-state index contributed by atoms with van der Waals surface area (Å²) in [5, 5.41) is 33.6. The Balaban J connectivity index is 1.73. The minimum absolute atomic E-state index is 0.0293. The number of hydrogen-bond donors (Lipinski definition) is 3. The second-order valence-electron chi connectivity index (χ2n) is 18.4. The Morgan fingerprint density at radius 2 is 1.60 bits per heavy atom. The van der Waals surface area contributed by atoms with E-state index >= 15 is 0 Å². The molecular weight excluding hydrogens is 808 g/mol. The van der Waals surface area contributed by atoms with Gasteiger partial charge < -0.3 is 72.5 Å². The maximum Gasteiger partial charge on any atom is 0.309 e. The molecule has 19 atom stereocenters. The molecule has 356 valence electrons. The molecule has 3 fully saturated rings. The van der Waals surface area contributed by atoms with Crippen molar-refractivity contribution >= 4 is 18.2 Å². The molecule has 4 rings (SSSR count). The van der Waals surface area contributed by atoms with Gasteiger partial charge in [0.2, 0.25) is 0 Å². The Morgan fingerprint density at radius 3 is 2.19 bits per heavy atom. The normalized spacial score (nSPS) is 44.0. The molecule has 0 spiro atoms. The standard InChI is InChI=1S/C45H76N2O15/c1-25-22-31(20-21-48)41(62-44-39(51)38(47(10)11)40(28(4)58-44)61-37-24-45(7,53)43(52)29(5)57-37)42(54-12)34(59-30(6)49)23-35(50)55-26(2)16-14-13-15-17-33(25)60-36-19-18-32(46(8)9)27(3)56-36/h13-15,17,21,25-29,31-34,36-44,51-53H,16,18-20,22-24H2,1-12H3/b14-13-,17-15+. The van der Waals surface area contributed by atoms with E-state index in [1.807, 2.05) is 52.2 Å². The van der Waals surface area contributed by atoms with Crippen molar-refractivity contribution < 1.29 is 72.3 Å². The lowest BCUT2D eigenvalue weighted by Crippen LogP contribution is -2.65. The van der Waals surface area contributed by atoms with Crippen molar-refractivity contribution in [3.8, 4) is 0 Å². The van der Waals surface area contributed by atoms with Crippen molar-refractivity contribution in [1.29, 1.82) is 0 Å². The maximum atomic E-state index is 13.4. The number of hydrogen-bond acceptors (Lipinski definition) is 17. The van der Waals surface area contributed by atoms with E-state index in [9.17, 15) is 29.7 Å². The zero-order valence-corrected chi connectivity index (χ0v) is 38.9. The van der Waals surface area contributed by atoms with Gasteiger partial charge in [-0.3, -0.25) is 9.59 Å². The number of aliphatic hydroxyl groups excluding tert-OH is 2. The van der Waals surface area contributed by atoms with Crippen LogP contribution in [-0.2, 0) is 57.0 Å². The van der Waals surface area contributed by atoms with Gasteiger partial charge in [0.25, 0.3) is 0 Å². The molecule has 3 N–H and O–H groups in total. The number of likely N-dealkylation sites (N-methyl/N-ethyl adjacent to an activating group) is 2. The summed E-state index contributed by atoms with van der Waals surface area (Å²) in [5.74, 6) is -2.21. The summed E-state index contributed by atoms with van der Waals surface area (Å²) in [7, 11) is 9.02. The predicted octanol–water partition coefficient (Wildman–Crippen LogP) is 2.90. The highest BCUT2D eigenvalue weighted by atomic mass is 16.7. The SMILES string of the molecule is COC1C(OC(C)=O)CC(=O)OC(C)C/C=C\C=C\C(OC2CCC(N(C)C)C(C)O2)C(C)CC(CC=O)C1OC1OC(C)C(OC2CC(C)(O)C(O)C(C)O2)C(N(C)C)C1O. The van der Waals surface area contributed by atoms with Crippen LogP contribution in [0, 0.1) is 11.8 Å². The van der Waals surface area contributed by atoms with Crippen LogP contribution in [0.3, 0.4) is 0 Å². The molecule has 0 saturated carbocycles. The van der Waals surface area contributed by atoms with Gasteiger partial charge in [0, 0.05) is 39.3 Å². The molecule has 3 saturated heterocycles. The van der Waals surface area contributed by atoms with E-state index in [0.717, 1.165) is 12.7 Å². The van der Waals surface area contributed by atoms with E-state index in [1.54, 1.807) is 39.8 Å². The van der Waals surface area contributed by atoms with Crippen LogP contribution in [0.2, 0.25) is 0 Å². The summed E-state index contributed by atoms with van der Waals surface area (Å²) >= 11 is 0. The quantitative estimate of drug-likeness (QED) is 0.191. The molecule has 17 nitrogen and oxygen atoms in total. The topological polar surface area (TPSA) is 201 Å². The van der Waals surface area contributed by atoms with Gasteiger partial charge >= 0.3 is 11.9 Å². The molecule has 19 unspecified atom stereocenters. The average Bonchev–Trinajstić information content (AvgIpc) is 3.16. The number of aliphatic hydroxyl groups is 3. The molecule has 0 amide bonds. The van der Waals surface area contributed by atoms with Crippen LogP contribution < -0.4 is 0 Å². The van der Waals surface area contributed by atoms with E-state index in [0.29, 0.717) is 19.3 Å². The molecule has 4 aliphatic heterocycles. The molecule has 4 heterocycles. The monoisotopic (exact) mass is 885 g/mol. The molecule has 0 bridgehead atoms. The summed E-state index contributed by atoms with van der Waals surface area (Å²) in [6, 6.07) is -0.509. The molecule has 17 heteroatoms. The van der Waals surface area contributed by atoms with Crippen molar-refractivity contribution in [3.05, 3.63) is 24.3 Å². The van der Waals surface area contributed by atoms with Gasteiger partial charge in [0.1, 0.15) is 42.9 Å². The van der Waals surface area contributed by atoms with Crippen LogP contribution in [0.5, 0.6) is 0 Å². The van der Waals surface area contributed by atoms with Crippen LogP contribution >= 0.6 is 0 Å². The number of methoxy groups -OCH3 is 1. The van der Waals surface area contributed by atoms with Gasteiger partial charge in [-0.1, -0.05) is 31.2 Å². The van der Waals surface area contributed by atoms with E-state index in [-0.39, 0.29) is 37.3 Å². The van der Waals surface area contributed by atoms with Gasteiger partial charge in [-0.15, -0.1) is 0 Å². The van der Waals surface area contributed by atoms with Gasteiger partial charge in [0.15, 0.2) is 18.9 Å². The second-order valence-corrected chi connectivity index (χ2v) is 18.4. The third kappa shape index (κ3) is 14.1. The predicted molar refractivity (Wildman–Crippen MR) is 226 cm³/mol. The minimum atomic E-state index is -1.49. The zero-order valence-electron chi connectivity index (χ0n) is 38.9. The molecule has 62 heavy (non-hydrogen) atoms. The Hall–Kier alpha value is -2.39. The third-order valence-corrected chi connectivity index (χ3v) is 12.7. The molecule has 0 aromatic carbocycles. The van der Waals surface area contributed by atoms with Gasteiger partial charge in [-0.05, 0) is 93.9 Å². The summed E-state index contributed by atoms with van der Waals surface area (Å²) in [5.41, 5.74) is -1.49. The van der Waals surface area contributed by atoms with Crippen LogP contribution in [-0.4, -0.2) is 182 Å². The van der Waals surface area contributed by atoms with E-state index < -0.39 is 109 Å². The fraction of sp³-hybridized carbons (Fsp3) is 0.844. The van der Waals surface area contributed by atoms with Crippen LogP contribution in [0.1, 0.15) is 93.4 Å². The van der Waals surface area contributed by atoms with Crippen LogP contribution in [0.4, 0.5) is 0 Å². The summed E-state index contributed by atoms with van der Waals surface area (Å²) in [6.07, 6.45) is -1.81. The number of allylic oxidation sites excluding steroid dienone is 2. The number of aldehydes is 1. The minimum Gasteiger partial charge on any atom is -0.462 e. The maximum absolute atomic E-state index is 13.4. The Labute approximate surface area is 368 Å². The molecule has 0 aliphatic carbocycles. The first-order chi connectivity index (χ1) is 29.2. The summed E-state index contributed by atoms with van der Waals surface area (Å²) in [6.45, 7) is 12.0. The lowest BCUT2D eigenvalue weighted by atomic mass is 9.82. The Bertz CT molecular complexity index is 1480. The van der Waals surface area contributed by atoms with Crippen molar-refractivity contribution in [3.63, 3.8) is 0 Å². The first-order valence-electron chi connectivity index (χ1n) is 22.2. The van der Waals surface area contributed by atoms with Gasteiger partial charge in [-0.25, -0.2) is 0 Å². The molecule has 0 aromatic heterocycles. The van der Waals surface area contributed by atoms with Crippen molar-refractivity contribution in [2.75, 3.05) is 35.3 Å². The lowest BCUT2D eigenvalue weighted by Gasteiger charge is -2.50. The zero-order chi connectivity index (χ0) is 46.1. The number of rotatable bonds is 12. The molecule has 4 aliphatic rings. The Kier molecular flexibility index (Phi) is 20.0. The second kappa shape index (κ2) is 23.7. The number of ether oxygens (including phenoxy) is 9. The fourth-order valence-electron chi connectivity index (χ4n) is 9.40. The third-order valence-electron chi connectivity index (χ3n) is 12.7. The number of nitrogens with zero attached hydrogens (tertiary/aromatic N) is 2. The molecule has 0 aromatic rings. The lowest BCUT2D eigenvalue weighted by molar-refractivity contribution is -0.344. The number of carbonyl (C=O) groups excluding carboxylic acids is 3. The van der Waals surface area contributed by atoms with Crippen LogP contribution in [0.25, 0.3) is 0 Å². The van der Waals surface area contributed by atoms with E-state index in [2.05, 4.69) is 4.90 Å². The highest BCUT2D eigenvalue weighted by Crippen LogP contribution is 2.38. The highest BCUT2D eigenvalue weighted by molar-refractivity contribution is 5.72. The fourth-order valence-corrected chi connectivity index (χ4v) is 9.40. The van der Waals surface area contributed by atoms with Crippen molar-refractivity contribution in [2.45, 2.75) is 197 Å². The highest BCUT2D eigenvalue weighted by Gasteiger charge is 2.52. The smallest absolute Gasteiger partial charge is 0.309 e. The molecule has 0 radical (unpaired) electrons. The summed E-state index contributed by atoms with van der Waals surface area (Å²) in [4.78, 5) is 42.7. The van der Waals surface area contributed by atoms with E-state index in [1.165, 1.54) is 21.0 Å². The van der Waals surface area contributed by atoms with Crippen molar-refractivity contribution in [1.82, 2.24) is 9.80 Å². The first kappa shape index (κ1) is 52.2. The Morgan fingerprint density at radius 1 is 0.903 bits per heavy atom. The number of carbonyl (C=O) groups is 3. The summed E-state index contributed by atoms with van der Waals surface area (Å²) < 4.78 is 56.3. The largest absolute Gasteiger partial charge is 0.462 e. The van der Waals surface area contributed by atoms with E-state index in [4.69, 9.17) is 42.6 Å². The number of cyclic esters (lactones) is 1. The van der Waals surface area contributed by atoms with Gasteiger partial charge in [0.05, 0.1) is 48.6 Å². The average molecular weight is 885 g/mol. The molecular formula is C45H76N2O15. The van der Waals surface area contributed by atoms with Crippen molar-refractivity contribution in [2.24, 2.45) is 11.8 Å². The number of esters is 2.